The molecule has 0 amide bonds. The summed E-state index contributed by atoms with van der Waals surface area (Å²) in [6.07, 6.45) is 1.18. The minimum Gasteiger partial charge on any atom is -0.423 e. The summed E-state index contributed by atoms with van der Waals surface area (Å²) in [7, 11) is -3.85. The van der Waals surface area contributed by atoms with Crippen LogP contribution in [0.1, 0.15) is 35.4 Å². The number of benzene rings is 3. The molecule has 164 valence electrons. The molecule has 32 heavy (non-hydrogen) atoms. The second-order valence-corrected chi connectivity index (χ2v) is 9.42. The first-order valence-electron chi connectivity index (χ1n) is 10.5. The van der Waals surface area contributed by atoms with E-state index in [9.17, 15) is 8.42 Å². The van der Waals surface area contributed by atoms with Crippen LogP contribution < -0.4 is 4.31 Å². The van der Waals surface area contributed by atoms with Crippen LogP contribution in [-0.4, -0.2) is 18.6 Å². The molecule has 0 aliphatic carbocycles. The number of aromatic nitrogens is 2. The summed E-state index contributed by atoms with van der Waals surface area (Å²) in [5.74, 6) is 0.695. The van der Waals surface area contributed by atoms with Crippen molar-refractivity contribution in [3.63, 3.8) is 0 Å². The zero-order valence-corrected chi connectivity index (χ0v) is 18.9. The van der Waals surface area contributed by atoms with Crippen molar-refractivity contribution in [3.8, 4) is 0 Å². The van der Waals surface area contributed by atoms with Gasteiger partial charge in [-0.25, -0.2) is 8.42 Å². The van der Waals surface area contributed by atoms with E-state index in [-0.39, 0.29) is 17.3 Å². The van der Waals surface area contributed by atoms with E-state index in [1.807, 2.05) is 68.4 Å². The molecule has 0 bridgehead atoms. The van der Waals surface area contributed by atoms with Gasteiger partial charge in [0.25, 0.3) is 10.0 Å². The van der Waals surface area contributed by atoms with Crippen LogP contribution in [0, 0.1) is 6.92 Å². The van der Waals surface area contributed by atoms with Crippen molar-refractivity contribution in [2.24, 2.45) is 0 Å². The number of rotatable bonds is 8. The lowest BCUT2D eigenvalue weighted by atomic mass is 10.1. The molecule has 0 unspecified atom stereocenters. The molecule has 0 aliphatic heterocycles. The second-order valence-electron chi connectivity index (χ2n) is 7.56. The molecule has 0 saturated carbocycles. The molecule has 1 aromatic heterocycles. The van der Waals surface area contributed by atoms with E-state index < -0.39 is 10.0 Å². The first kappa shape index (κ1) is 21.8. The van der Waals surface area contributed by atoms with Crippen LogP contribution in [0.3, 0.4) is 0 Å². The van der Waals surface area contributed by atoms with Crippen molar-refractivity contribution in [2.45, 2.75) is 38.1 Å². The summed E-state index contributed by atoms with van der Waals surface area (Å²) >= 11 is 0. The van der Waals surface area contributed by atoms with E-state index in [0.717, 1.165) is 16.7 Å². The third-order valence-corrected chi connectivity index (χ3v) is 7.01. The predicted molar refractivity (Wildman–Crippen MR) is 124 cm³/mol. The van der Waals surface area contributed by atoms with Gasteiger partial charge in [-0.15, -0.1) is 10.2 Å². The van der Waals surface area contributed by atoms with E-state index in [2.05, 4.69) is 10.2 Å². The Morgan fingerprint density at radius 1 is 0.844 bits per heavy atom. The lowest BCUT2D eigenvalue weighted by Gasteiger charge is -2.25. The largest absolute Gasteiger partial charge is 0.423 e. The molecule has 0 fully saturated rings. The molecule has 0 radical (unpaired) electrons. The molecule has 0 saturated heterocycles. The fraction of sp³-hybridized carbons (Fsp3) is 0.200. The molecule has 4 aromatic rings. The molecule has 6 nitrogen and oxygen atoms in total. The minimum absolute atomic E-state index is 0.0466. The number of anilines is 1. The van der Waals surface area contributed by atoms with Crippen LogP contribution in [-0.2, 0) is 29.4 Å². The summed E-state index contributed by atoms with van der Waals surface area (Å²) in [6, 6.07) is 24.1. The first-order chi connectivity index (χ1) is 15.5. The zero-order valence-electron chi connectivity index (χ0n) is 18.1. The Kier molecular flexibility index (Phi) is 6.37. The van der Waals surface area contributed by atoms with E-state index in [4.69, 9.17) is 4.42 Å². The second kappa shape index (κ2) is 9.36. The minimum atomic E-state index is -3.85. The van der Waals surface area contributed by atoms with Gasteiger partial charge >= 0.3 is 0 Å². The van der Waals surface area contributed by atoms with Crippen molar-refractivity contribution < 1.29 is 12.8 Å². The number of hydrogen-bond donors (Lipinski definition) is 0. The third-order valence-electron chi connectivity index (χ3n) is 5.24. The Bertz CT molecular complexity index is 1280. The van der Waals surface area contributed by atoms with Crippen LogP contribution in [0.25, 0.3) is 0 Å². The highest BCUT2D eigenvalue weighted by Gasteiger charge is 2.28. The zero-order chi connectivity index (χ0) is 22.6. The summed E-state index contributed by atoms with van der Waals surface area (Å²) < 4.78 is 34.5. The van der Waals surface area contributed by atoms with Crippen LogP contribution in [0.2, 0.25) is 0 Å². The first-order valence-corrected chi connectivity index (χ1v) is 11.9. The van der Waals surface area contributed by atoms with Gasteiger partial charge in [-0.3, -0.25) is 4.31 Å². The normalized spacial score (nSPS) is 11.4. The van der Waals surface area contributed by atoms with Crippen LogP contribution in [0.5, 0.6) is 0 Å². The Morgan fingerprint density at radius 3 is 2.22 bits per heavy atom. The maximum absolute atomic E-state index is 13.7. The molecule has 0 N–H and O–H groups in total. The molecule has 0 atom stereocenters. The Hall–Kier alpha value is -3.45. The quantitative estimate of drug-likeness (QED) is 0.383. The number of sulfonamides is 1. The highest BCUT2D eigenvalue weighted by Crippen LogP contribution is 2.29. The van der Waals surface area contributed by atoms with Gasteiger partial charge in [0.1, 0.15) is 6.54 Å². The van der Waals surface area contributed by atoms with Crippen LogP contribution >= 0.6 is 0 Å². The van der Waals surface area contributed by atoms with E-state index in [0.29, 0.717) is 24.4 Å². The van der Waals surface area contributed by atoms with E-state index in [1.54, 1.807) is 24.3 Å². The van der Waals surface area contributed by atoms with Crippen molar-refractivity contribution >= 4 is 15.7 Å². The number of aryl methyl sites for hydroxylation is 2. The topological polar surface area (TPSA) is 76.3 Å². The molecule has 0 spiro atoms. The lowest BCUT2D eigenvalue weighted by Crippen LogP contribution is -2.31. The van der Waals surface area contributed by atoms with Crippen LogP contribution in [0.4, 0.5) is 5.69 Å². The maximum Gasteiger partial charge on any atom is 0.264 e. The molecular formula is C25H25N3O3S. The highest BCUT2D eigenvalue weighted by atomic mass is 32.2. The van der Waals surface area contributed by atoms with Gasteiger partial charge in [-0.1, -0.05) is 73.2 Å². The summed E-state index contributed by atoms with van der Waals surface area (Å²) in [4.78, 5) is 0.220. The molecule has 1 heterocycles. The Balaban J connectivity index is 1.70. The fourth-order valence-corrected chi connectivity index (χ4v) is 4.96. The average molecular weight is 448 g/mol. The summed E-state index contributed by atoms with van der Waals surface area (Å²) in [5, 5.41) is 8.26. The van der Waals surface area contributed by atoms with Gasteiger partial charge < -0.3 is 4.42 Å². The van der Waals surface area contributed by atoms with Crippen molar-refractivity contribution in [2.75, 3.05) is 4.31 Å². The van der Waals surface area contributed by atoms with Gasteiger partial charge in [0.2, 0.25) is 11.8 Å². The molecule has 0 aliphatic rings. The monoisotopic (exact) mass is 447 g/mol. The third kappa shape index (κ3) is 4.73. The average Bonchev–Trinajstić information content (AvgIpc) is 3.25. The number of nitrogens with zero attached hydrogens (tertiary/aromatic N) is 3. The lowest BCUT2D eigenvalue weighted by molar-refractivity contribution is 0.458. The van der Waals surface area contributed by atoms with Crippen molar-refractivity contribution in [3.05, 3.63) is 107 Å². The van der Waals surface area contributed by atoms with Crippen molar-refractivity contribution in [1.29, 1.82) is 0 Å². The number of para-hydroxylation sites is 1. The molecule has 4 rings (SSSR count). The van der Waals surface area contributed by atoms with Gasteiger partial charge in [0.15, 0.2) is 0 Å². The smallest absolute Gasteiger partial charge is 0.264 e. The summed E-state index contributed by atoms with van der Waals surface area (Å²) in [5.41, 5.74) is 3.57. The van der Waals surface area contributed by atoms with Gasteiger partial charge in [-0.2, -0.15) is 0 Å². The fourth-order valence-electron chi connectivity index (χ4n) is 3.51. The van der Waals surface area contributed by atoms with Crippen LogP contribution in [0.15, 0.2) is 88.2 Å². The predicted octanol–water partition coefficient (Wildman–Crippen LogP) is 4.93. The maximum atomic E-state index is 13.7. The van der Waals surface area contributed by atoms with Crippen molar-refractivity contribution in [1.82, 2.24) is 10.2 Å². The SMILES string of the molecule is CCc1ccccc1N(Cc1nnc(Cc2ccccc2)o1)S(=O)(=O)c1ccc(C)cc1. The molecule has 3 aromatic carbocycles. The van der Waals surface area contributed by atoms with Gasteiger partial charge in [0, 0.05) is 0 Å². The van der Waals surface area contributed by atoms with Gasteiger partial charge in [-0.05, 0) is 42.7 Å². The number of hydrogen-bond acceptors (Lipinski definition) is 5. The van der Waals surface area contributed by atoms with E-state index >= 15 is 0 Å². The standard InChI is InChI=1S/C25H25N3O3S/c1-3-21-11-7-8-12-23(21)28(32(29,30)22-15-13-19(2)14-16-22)18-25-27-26-24(31-25)17-20-9-5-4-6-10-20/h4-16H,3,17-18H2,1-2H3. The summed E-state index contributed by atoms with van der Waals surface area (Å²) in [6.45, 7) is 3.88. The molecular weight excluding hydrogens is 422 g/mol. The van der Waals surface area contributed by atoms with Gasteiger partial charge in [0.05, 0.1) is 17.0 Å². The molecule has 7 heteroatoms. The highest BCUT2D eigenvalue weighted by molar-refractivity contribution is 7.92. The Morgan fingerprint density at radius 2 is 1.50 bits per heavy atom. The Labute approximate surface area is 188 Å². The van der Waals surface area contributed by atoms with E-state index in [1.165, 1.54) is 4.31 Å².